The van der Waals surface area contributed by atoms with Crippen LogP contribution in [0.15, 0.2) is 24.3 Å². The lowest BCUT2D eigenvalue weighted by Crippen LogP contribution is -2.26. The Morgan fingerprint density at radius 1 is 1.25 bits per heavy atom. The monoisotopic (exact) mass is 352 g/mol. The van der Waals surface area contributed by atoms with Gasteiger partial charge in [0, 0.05) is 25.3 Å². The number of aryl methyl sites for hydroxylation is 1. The van der Waals surface area contributed by atoms with Gasteiger partial charge in [0.1, 0.15) is 5.82 Å². The minimum absolute atomic E-state index is 0.141. The number of carbonyl (C=O) groups excluding carboxylic acids is 1. The number of ether oxygens (including phenoxy) is 2. The van der Waals surface area contributed by atoms with Crippen LogP contribution in [-0.2, 0) is 9.47 Å². The Hall–Kier alpha value is -1.96. The third kappa shape index (κ3) is 5.30. The van der Waals surface area contributed by atoms with Gasteiger partial charge in [0.25, 0.3) is 5.91 Å². The summed E-state index contributed by atoms with van der Waals surface area (Å²) in [5.74, 6) is 0.468. The number of hydrogen-bond donors (Lipinski definition) is 1. The highest BCUT2D eigenvalue weighted by atomic mass is 35.5. The van der Waals surface area contributed by atoms with Gasteiger partial charge < -0.3 is 14.8 Å². The van der Waals surface area contributed by atoms with Gasteiger partial charge in [0.05, 0.1) is 18.9 Å². The molecule has 0 aliphatic rings. The molecule has 0 spiro atoms. The summed E-state index contributed by atoms with van der Waals surface area (Å²) in [5, 5.41) is 7.67. The number of halogens is 1. The first-order valence-electron chi connectivity index (χ1n) is 7.66. The van der Waals surface area contributed by atoms with Gasteiger partial charge in [-0.1, -0.05) is 11.6 Å². The normalized spacial score (nSPS) is 10.8. The number of nitrogens with one attached hydrogen (secondary N) is 1. The average Bonchev–Trinajstić information content (AvgIpc) is 2.96. The van der Waals surface area contributed by atoms with E-state index in [4.69, 9.17) is 21.1 Å². The molecule has 0 bridgehead atoms. The van der Waals surface area contributed by atoms with Crippen molar-refractivity contribution in [2.45, 2.75) is 13.3 Å². The summed E-state index contributed by atoms with van der Waals surface area (Å²) in [6, 6.07) is 7.18. The zero-order chi connectivity index (χ0) is 17.4. The molecule has 130 valence electrons. The molecular weight excluding hydrogens is 332 g/mol. The van der Waals surface area contributed by atoms with Gasteiger partial charge in [0.2, 0.25) is 5.82 Å². The van der Waals surface area contributed by atoms with Crippen LogP contribution in [0.1, 0.15) is 22.9 Å². The van der Waals surface area contributed by atoms with E-state index in [-0.39, 0.29) is 11.7 Å². The van der Waals surface area contributed by atoms with E-state index in [1.54, 1.807) is 30.8 Å². The van der Waals surface area contributed by atoms with E-state index in [2.05, 4.69) is 15.4 Å². The highest BCUT2D eigenvalue weighted by molar-refractivity contribution is 6.30. The first-order valence-corrected chi connectivity index (χ1v) is 8.04. The number of aromatic nitrogens is 3. The van der Waals surface area contributed by atoms with Gasteiger partial charge in [-0.3, -0.25) is 4.79 Å². The zero-order valence-corrected chi connectivity index (χ0v) is 14.5. The van der Waals surface area contributed by atoms with Crippen LogP contribution in [-0.4, -0.2) is 54.1 Å². The topological polar surface area (TPSA) is 78.3 Å². The number of hydrogen-bond acceptors (Lipinski definition) is 5. The molecule has 2 aromatic rings. The fraction of sp³-hybridized carbons (Fsp3) is 0.438. The molecule has 0 aliphatic carbocycles. The van der Waals surface area contributed by atoms with E-state index < -0.39 is 0 Å². The molecule has 0 unspecified atom stereocenters. The second-order valence-corrected chi connectivity index (χ2v) is 5.52. The average molecular weight is 353 g/mol. The van der Waals surface area contributed by atoms with E-state index in [0.717, 1.165) is 5.69 Å². The summed E-state index contributed by atoms with van der Waals surface area (Å²) in [5.41, 5.74) is 0.801. The van der Waals surface area contributed by atoms with Crippen molar-refractivity contribution in [1.82, 2.24) is 20.1 Å². The Labute approximate surface area is 145 Å². The van der Waals surface area contributed by atoms with Crippen LogP contribution in [0.4, 0.5) is 0 Å². The first kappa shape index (κ1) is 18.4. The lowest BCUT2D eigenvalue weighted by Gasteiger charge is -2.04. The molecule has 2 rings (SSSR count). The van der Waals surface area contributed by atoms with Crippen molar-refractivity contribution >= 4 is 17.5 Å². The van der Waals surface area contributed by atoms with Crippen LogP contribution >= 0.6 is 11.6 Å². The van der Waals surface area contributed by atoms with Gasteiger partial charge in [-0.2, -0.15) is 0 Å². The van der Waals surface area contributed by atoms with Gasteiger partial charge in [-0.15, -0.1) is 5.10 Å². The number of carbonyl (C=O) groups is 1. The highest BCUT2D eigenvalue weighted by Crippen LogP contribution is 2.14. The van der Waals surface area contributed by atoms with Crippen LogP contribution < -0.4 is 5.32 Å². The van der Waals surface area contributed by atoms with Crippen molar-refractivity contribution in [3.05, 3.63) is 40.9 Å². The molecule has 0 aliphatic heterocycles. The molecule has 24 heavy (non-hydrogen) atoms. The Balaban J connectivity index is 1.85. The summed E-state index contributed by atoms with van der Waals surface area (Å²) in [4.78, 5) is 16.3. The molecule has 1 amide bonds. The number of amides is 1. The van der Waals surface area contributed by atoms with E-state index in [1.165, 1.54) is 0 Å². The van der Waals surface area contributed by atoms with Gasteiger partial charge in [0.15, 0.2) is 0 Å². The van der Waals surface area contributed by atoms with Crippen LogP contribution in [0.3, 0.4) is 0 Å². The second-order valence-electron chi connectivity index (χ2n) is 5.09. The minimum Gasteiger partial charge on any atom is -0.382 e. The molecule has 1 aromatic carbocycles. The number of methoxy groups -OCH3 is 1. The van der Waals surface area contributed by atoms with Crippen molar-refractivity contribution in [1.29, 1.82) is 0 Å². The molecule has 0 radical (unpaired) electrons. The van der Waals surface area contributed by atoms with Crippen LogP contribution in [0, 0.1) is 6.92 Å². The Morgan fingerprint density at radius 3 is 2.71 bits per heavy atom. The van der Waals surface area contributed by atoms with Crippen LogP contribution in [0.5, 0.6) is 0 Å². The zero-order valence-electron chi connectivity index (χ0n) is 13.8. The predicted molar refractivity (Wildman–Crippen MR) is 90.8 cm³/mol. The first-order chi connectivity index (χ1) is 11.6. The smallest absolute Gasteiger partial charge is 0.290 e. The fourth-order valence-corrected chi connectivity index (χ4v) is 2.14. The Bertz CT molecular complexity index is 658. The number of rotatable bonds is 9. The summed E-state index contributed by atoms with van der Waals surface area (Å²) >= 11 is 5.88. The second kappa shape index (κ2) is 9.36. The maximum absolute atomic E-state index is 12.1. The van der Waals surface area contributed by atoms with Crippen molar-refractivity contribution in [2.75, 3.05) is 33.5 Å². The molecular formula is C16H21ClN4O3. The molecule has 7 nitrogen and oxygen atoms in total. The van der Waals surface area contributed by atoms with Crippen molar-refractivity contribution in [2.24, 2.45) is 0 Å². The molecule has 0 saturated heterocycles. The number of benzene rings is 1. The summed E-state index contributed by atoms with van der Waals surface area (Å²) in [7, 11) is 1.63. The van der Waals surface area contributed by atoms with Crippen molar-refractivity contribution in [3.8, 4) is 5.69 Å². The van der Waals surface area contributed by atoms with Crippen LogP contribution in [0.25, 0.3) is 5.69 Å². The van der Waals surface area contributed by atoms with E-state index >= 15 is 0 Å². The van der Waals surface area contributed by atoms with E-state index in [0.29, 0.717) is 43.6 Å². The standard InChI is InChI=1S/C16H21ClN4O3/c1-12-19-15(16(22)18-8-3-9-24-11-10-23-2)20-21(12)14-6-4-13(17)5-7-14/h4-7H,3,8-11H2,1-2H3,(H,18,22). The molecule has 1 heterocycles. The fourth-order valence-electron chi connectivity index (χ4n) is 2.01. The van der Waals surface area contributed by atoms with Crippen molar-refractivity contribution in [3.63, 3.8) is 0 Å². The van der Waals surface area contributed by atoms with Gasteiger partial charge >= 0.3 is 0 Å². The molecule has 8 heteroatoms. The highest BCUT2D eigenvalue weighted by Gasteiger charge is 2.14. The molecule has 0 saturated carbocycles. The third-order valence-corrected chi connectivity index (χ3v) is 3.48. The van der Waals surface area contributed by atoms with Crippen molar-refractivity contribution < 1.29 is 14.3 Å². The lowest BCUT2D eigenvalue weighted by atomic mass is 10.3. The van der Waals surface area contributed by atoms with E-state index in [1.807, 2.05) is 12.1 Å². The summed E-state index contributed by atoms with van der Waals surface area (Å²) in [6.07, 6.45) is 0.715. The maximum atomic E-state index is 12.1. The lowest BCUT2D eigenvalue weighted by molar-refractivity contribution is 0.0688. The van der Waals surface area contributed by atoms with Crippen LogP contribution in [0.2, 0.25) is 5.02 Å². The van der Waals surface area contributed by atoms with E-state index in [9.17, 15) is 4.79 Å². The molecule has 1 N–H and O–H groups in total. The Morgan fingerprint density at radius 2 is 2.00 bits per heavy atom. The predicted octanol–water partition coefficient (Wildman–Crippen LogP) is 2.01. The van der Waals surface area contributed by atoms with Gasteiger partial charge in [-0.25, -0.2) is 9.67 Å². The van der Waals surface area contributed by atoms with Gasteiger partial charge in [-0.05, 0) is 37.6 Å². The minimum atomic E-state index is -0.303. The summed E-state index contributed by atoms with van der Waals surface area (Å²) < 4.78 is 11.8. The molecule has 0 atom stereocenters. The number of nitrogens with zero attached hydrogens (tertiary/aromatic N) is 3. The quantitative estimate of drug-likeness (QED) is 0.698. The Kier molecular flexibility index (Phi) is 7.17. The molecule has 1 aromatic heterocycles. The third-order valence-electron chi connectivity index (χ3n) is 3.23. The largest absolute Gasteiger partial charge is 0.382 e. The maximum Gasteiger partial charge on any atom is 0.290 e. The SMILES string of the molecule is COCCOCCCNC(=O)c1nc(C)n(-c2ccc(Cl)cc2)n1. The summed E-state index contributed by atoms with van der Waals surface area (Å²) in [6.45, 7) is 3.98. The molecule has 0 fully saturated rings.